The molecule has 0 spiro atoms. The van der Waals surface area contributed by atoms with E-state index in [1.54, 1.807) is 13.2 Å². The van der Waals surface area contributed by atoms with Crippen molar-refractivity contribution in [2.24, 2.45) is 5.73 Å². The molecule has 0 aliphatic heterocycles. The molecule has 2 aromatic carbocycles. The minimum absolute atomic E-state index is 0.244. The smallest absolute Gasteiger partial charge is 0.159 e. The van der Waals surface area contributed by atoms with Crippen molar-refractivity contribution in [3.8, 4) is 0 Å². The van der Waals surface area contributed by atoms with Crippen molar-refractivity contribution in [2.75, 3.05) is 13.7 Å². The molecule has 4 heteroatoms. The van der Waals surface area contributed by atoms with Crippen LogP contribution < -0.4 is 5.73 Å². The van der Waals surface area contributed by atoms with Crippen LogP contribution >= 0.6 is 0 Å². The van der Waals surface area contributed by atoms with Gasteiger partial charge in [0.1, 0.15) is 0 Å². The highest BCUT2D eigenvalue weighted by molar-refractivity contribution is 5.27. The van der Waals surface area contributed by atoms with Gasteiger partial charge in [-0.1, -0.05) is 30.3 Å². The number of halogens is 2. The fraction of sp³-hybridized carbons (Fsp3) is 0.294. The monoisotopic (exact) mass is 291 g/mol. The van der Waals surface area contributed by atoms with Crippen LogP contribution in [-0.2, 0) is 17.6 Å². The molecule has 0 aliphatic rings. The molecule has 0 saturated carbocycles. The van der Waals surface area contributed by atoms with Crippen LogP contribution in [0.1, 0.15) is 22.7 Å². The third-order valence-electron chi connectivity index (χ3n) is 3.44. The minimum atomic E-state index is -0.838. The van der Waals surface area contributed by atoms with Gasteiger partial charge in [-0.25, -0.2) is 8.78 Å². The third kappa shape index (κ3) is 4.34. The fourth-order valence-electron chi connectivity index (χ4n) is 2.19. The Morgan fingerprint density at radius 3 is 2.29 bits per heavy atom. The summed E-state index contributed by atoms with van der Waals surface area (Å²) in [5.74, 6) is -1.68. The van der Waals surface area contributed by atoms with Gasteiger partial charge in [0.05, 0.1) is 6.61 Å². The molecule has 2 nitrogen and oxygen atoms in total. The molecule has 0 heterocycles. The molecule has 0 amide bonds. The Kier molecular flexibility index (Phi) is 5.42. The maximum absolute atomic E-state index is 13.2. The standard InChI is InChI=1S/C17H19F2NO/c1-21-9-8-12-2-5-14(6-3-12)17(20)11-13-4-7-15(18)16(19)10-13/h2-7,10,17H,8-9,11,20H2,1H3. The number of methoxy groups -OCH3 is 1. The Hall–Kier alpha value is -1.78. The first-order valence-corrected chi connectivity index (χ1v) is 6.87. The zero-order valence-electron chi connectivity index (χ0n) is 12.0. The highest BCUT2D eigenvalue weighted by Crippen LogP contribution is 2.18. The van der Waals surface area contributed by atoms with Gasteiger partial charge < -0.3 is 10.5 Å². The summed E-state index contributed by atoms with van der Waals surface area (Å²) in [6, 6.07) is 11.6. The lowest BCUT2D eigenvalue weighted by molar-refractivity contribution is 0.202. The highest BCUT2D eigenvalue weighted by atomic mass is 19.2. The van der Waals surface area contributed by atoms with E-state index in [1.807, 2.05) is 24.3 Å². The van der Waals surface area contributed by atoms with Gasteiger partial charge in [-0.15, -0.1) is 0 Å². The lowest BCUT2D eigenvalue weighted by atomic mass is 9.98. The van der Waals surface area contributed by atoms with Crippen LogP contribution in [0.4, 0.5) is 8.78 Å². The van der Waals surface area contributed by atoms with E-state index in [-0.39, 0.29) is 6.04 Å². The zero-order chi connectivity index (χ0) is 15.2. The SMILES string of the molecule is COCCc1ccc(C(N)Cc2ccc(F)c(F)c2)cc1. The maximum atomic E-state index is 13.2. The van der Waals surface area contributed by atoms with Gasteiger partial charge >= 0.3 is 0 Å². The molecule has 1 atom stereocenters. The molecule has 2 N–H and O–H groups in total. The van der Waals surface area contributed by atoms with Crippen LogP contribution in [0.25, 0.3) is 0 Å². The first-order chi connectivity index (χ1) is 10.1. The summed E-state index contributed by atoms with van der Waals surface area (Å²) < 4.78 is 31.1. The summed E-state index contributed by atoms with van der Waals surface area (Å²) in [4.78, 5) is 0. The van der Waals surface area contributed by atoms with Crippen molar-refractivity contribution in [3.63, 3.8) is 0 Å². The van der Waals surface area contributed by atoms with Crippen LogP contribution in [0.15, 0.2) is 42.5 Å². The molecule has 0 radical (unpaired) electrons. The summed E-state index contributed by atoms with van der Waals surface area (Å²) in [5, 5.41) is 0. The lowest BCUT2D eigenvalue weighted by Gasteiger charge is -2.13. The predicted molar refractivity (Wildman–Crippen MR) is 79.0 cm³/mol. The number of rotatable bonds is 6. The van der Waals surface area contributed by atoms with E-state index >= 15 is 0 Å². The van der Waals surface area contributed by atoms with Gasteiger partial charge in [-0.05, 0) is 41.7 Å². The van der Waals surface area contributed by atoms with Crippen molar-refractivity contribution in [1.29, 1.82) is 0 Å². The van der Waals surface area contributed by atoms with Crippen LogP contribution in [-0.4, -0.2) is 13.7 Å². The first-order valence-electron chi connectivity index (χ1n) is 6.87. The summed E-state index contributed by atoms with van der Waals surface area (Å²) in [7, 11) is 1.67. The highest BCUT2D eigenvalue weighted by Gasteiger charge is 2.09. The normalized spacial score (nSPS) is 12.4. The predicted octanol–water partition coefficient (Wildman–Crippen LogP) is 3.40. The van der Waals surface area contributed by atoms with Crippen molar-refractivity contribution in [3.05, 3.63) is 70.8 Å². The second-order valence-electron chi connectivity index (χ2n) is 5.04. The second kappa shape index (κ2) is 7.29. The maximum Gasteiger partial charge on any atom is 0.159 e. The lowest BCUT2D eigenvalue weighted by Crippen LogP contribution is -2.13. The van der Waals surface area contributed by atoms with Crippen molar-refractivity contribution >= 4 is 0 Å². The van der Waals surface area contributed by atoms with Gasteiger partial charge in [-0.3, -0.25) is 0 Å². The third-order valence-corrected chi connectivity index (χ3v) is 3.44. The van der Waals surface area contributed by atoms with Gasteiger partial charge in [0, 0.05) is 13.2 Å². The number of ether oxygens (including phenoxy) is 1. The minimum Gasteiger partial charge on any atom is -0.384 e. The van der Waals surface area contributed by atoms with Gasteiger partial charge in [0.2, 0.25) is 0 Å². The molecule has 0 fully saturated rings. The average molecular weight is 291 g/mol. The van der Waals surface area contributed by atoms with Gasteiger partial charge in [-0.2, -0.15) is 0 Å². The van der Waals surface area contributed by atoms with Crippen molar-refractivity contribution in [1.82, 2.24) is 0 Å². The van der Waals surface area contributed by atoms with Crippen LogP contribution in [0.3, 0.4) is 0 Å². The Balaban J connectivity index is 2.02. The molecule has 2 rings (SSSR count). The molecule has 0 saturated heterocycles. The number of hydrogen-bond acceptors (Lipinski definition) is 2. The van der Waals surface area contributed by atoms with Crippen molar-refractivity contribution in [2.45, 2.75) is 18.9 Å². The topological polar surface area (TPSA) is 35.2 Å². The van der Waals surface area contributed by atoms with Crippen LogP contribution in [0.2, 0.25) is 0 Å². The first kappa shape index (κ1) is 15.6. The molecule has 21 heavy (non-hydrogen) atoms. The molecule has 0 aromatic heterocycles. The molecule has 2 aromatic rings. The zero-order valence-corrected chi connectivity index (χ0v) is 12.0. The average Bonchev–Trinajstić information content (AvgIpc) is 2.49. The van der Waals surface area contributed by atoms with Crippen LogP contribution in [0, 0.1) is 11.6 Å². The number of benzene rings is 2. The van der Waals surface area contributed by atoms with E-state index in [0.717, 1.165) is 18.1 Å². The van der Waals surface area contributed by atoms with E-state index in [9.17, 15) is 8.78 Å². The van der Waals surface area contributed by atoms with Gasteiger partial charge in [0.25, 0.3) is 0 Å². The molecule has 0 aliphatic carbocycles. The van der Waals surface area contributed by atoms with E-state index in [4.69, 9.17) is 10.5 Å². The number of hydrogen-bond donors (Lipinski definition) is 1. The Labute approximate surface area is 123 Å². The van der Waals surface area contributed by atoms with Crippen LogP contribution in [0.5, 0.6) is 0 Å². The van der Waals surface area contributed by atoms with E-state index < -0.39 is 11.6 Å². The Bertz CT molecular complexity index is 584. The largest absolute Gasteiger partial charge is 0.384 e. The summed E-state index contributed by atoms with van der Waals surface area (Å²) in [6.07, 6.45) is 1.32. The molecule has 1 unspecified atom stereocenters. The molecule has 0 bridgehead atoms. The number of nitrogens with two attached hydrogens (primary N) is 1. The molecular weight excluding hydrogens is 272 g/mol. The summed E-state index contributed by atoms with van der Waals surface area (Å²) in [6.45, 7) is 0.681. The molecular formula is C17H19F2NO. The fourth-order valence-corrected chi connectivity index (χ4v) is 2.19. The summed E-state index contributed by atoms with van der Waals surface area (Å²) >= 11 is 0. The Morgan fingerprint density at radius 2 is 1.67 bits per heavy atom. The van der Waals surface area contributed by atoms with Crippen molar-refractivity contribution < 1.29 is 13.5 Å². The Morgan fingerprint density at radius 1 is 1.00 bits per heavy atom. The summed E-state index contributed by atoms with van der Waals surface area (Å²) in [5.41, 5.74) is 8.96. The van der Waals surface area contributed by atoms with E-state index in [0.29, 0.717) is 18.6 Å². The van der Waals surface area contributed by atoms with Gasteiger partial charge in [0.15, 0.2) is 11.6 Å². The quantitative estimate of drug-likeness (QED) is 0.885. The van der Waals surface area contributed by atoms with E-state index in [1.165, 1.54) is 11.6 Å². The van der Waals surface area contributed by atoms with E-state index in [2.05, 4.69) is 0 Å². The molecule has 112 valence electrons. The second-order valence-corrected chi connectivity index (χ2v) is 5.04.